The molecular weight excluding hydrogens is 762 g/mol. The molecule has 324 valence electrons. The van der Waals surface area contributed by atoms with Crippen LogP contribution in [0.1, 0.15) is 30.7 Å². The number of rotatable bonds is 23. The lowest BCUT2D eigenvalue weighted by molar-refractivity contribution is -0.144. The number of nitrogens with zero attached hydrogens (tertiary/aromatic N) is 4. The van der Waals surface area contributed by atoms with Crippen molar-refractivity contribution in [2.24, 2.45) is 0 Å². The van der Waals surface area contributed by atoms with Gasteiger partial charge in [-0.25, -0.2) is 14.4 Å². The van der Waals surface area contributed by atoms with Gasteiger partial charge in [0.25, 0.3) is 0 Å². The number of hydrogen-bond acceptors (Lipinski definition) is 18. The zero-order chi connectivity index (χ0) is 42.2. The summed E-state index contributed by atoms with van der Waals surface area (Å²) in [5.74, 6) is -2.33. The number of aliphatic carboxylic acids is 2. The number of pyridine rings is 1. The molecule has 0 saturated heterocycles. The first-order valence-electron chi connectivity index (χ1n) is 18.5. The third-order valence-electron chi connectivity index (χ3n) is 8.60. The summed E-state index contributed by atoms with van der Waals surface area (Å²) in [4.78, 5) is 71.5. The maximum absolute atomic E-state index is 12.6. The Labute approximate surface area is 329 Å². The van der Waals surface area contributed by atoms with E-state index in [0.717, 1.165) is 0 Å². The predicted octanol–water partition coefficient (Wildman–Crippen LogP) is -3.68. The Kier molecular flexibility index (Phi) is 23.3. The summed E-state index contributed by atoms with van der Waals surface area (Å²) < 4.78 is 14.5. The first kappa shape index (κ1) is 48.7. The molecule has 0 saturated carbocycles. The molecule has 0 radical (unpaired) electrons. The van der Waals surface area contributed by atoms with E-state index < -0.39 is 100 Å². The monoisotopic (exact) mass is 819 g/mol. The van der Waals surface area contributed by atoms with Crippen molar-refractivity contribution in [2.75, 3.05) is 92.0 Å². The lowest BCUT2D eigenvalue weighted by Gasteiger charge is -2.35. The van der Waals surface area contributed by atoms with Crippen LogP contribution in [0.4, 0.5) is 14.4 Å². The minimum absolute atomic E-state index is 0.0403. The average molecular weight is 820 g/mol. The van der Waals surface area contributed by atoms with Gasteiger partial charge in [0.2, 0.25) is 0 Å². The number of hydrogen-bond donors (Lipinski definition) is 11. The largest absolute Gasteiger partial charge is 0.480 e. The molecule has 1 aliphatic heterocycles. The van der Waals surface area contributed by atoms with Crippen molar-refractivity contribution in [2.45, 2.75) is 62.7 Å². The van der Waals surface area contributed by atoms with Crippen LogP contribution in [0.5, 0.6) is 0 Å². The van der Waals surface area contributed by atoms with Crippen molar-refractivity contribution < 1.29 is 79.0 Å². The van der Waals surface area contributed by atoms with Gasteiger partial charge in [0.05, 0.1) is 31.2 Å². The number of nitrogens with one attached hydrogen (secondary N) is 3. The molecule has 3 amide bonds. The van der Waals surface area contributed by atoms with Crippen molar-refractivity contribution in [1.82, 2.24) is 35.6 Å². The Morgan fingerprint density at radius 3 is 1.39 bits per heavy atom. The smallest absolute Gasteiger partial charge is 0.407 e. The van der Waals surface area contributed by atoms with Gasteiger partial charge in [0.1, 0.15) is 50.2 Å². The fraction of sp³-hybridized carbons (Fsp3) is 0.706. The lowest BCUT2D eigenvalue weighted by Crippen LogP contribution is -2.49. The van der Waals surface area contributed by atoms with Gasteiger partial charge in [-0.1, -0.05) is 6.07 Å². The molecule has 23 nitrogen and oxygen atoms in total. The maximum Gasteiger partial charge on any atom is 0.407 e. The van der Waals surface area contributed by atoms with Gasteiger partial charge in [-0.3, -0.25) is 24.4 Å². The predicted molar refractivity (Wildman–Crippen MR) is 196 cm³/mol. The van der Waals surface area contributed by atoms with Crippen molar-refractivity contribution in [3.8, 4) is 0 Å². The lowest BCUT2D eigenvalue weighted by atomic mass is 10.1. The summed E-state index contributed by atoms with van der Waals surface area (Å²) >= 11 is 0. The zero-order valence-corrected chi connectivity index (χ0v) is 31.7. The molecule has 0 aromatic carbocycles. The molecule has 11 N–H and O–H groups in total. The second-order valence-electron chi connectivity index (χ2n) is 13.1. The number of carbonyl (C=O) groups is 5. The van der Waals surface area contributed by atoms with Crippen molar-refractivity contribution >= 4 is 30.2 Å². The minimum Gasteiger partial charge on any atom is -0.480 e. The highest BCUT2D eigenvalue weighted by molar-refractivity contribution is 5.74. The van der Waals surface area contributed by atoms with Crippen molar-refractivity contribution in [3.63, 3.8) is 0 Å². The SMILES string of the molecule is O=C(NCCCN1CCN(C(CCNC(=O)OCC(O)CO)C(=O)O)Cc2cccc(n2)CN(C(CCNC(=O)OCC(O)CO)C(=O)O)CC1)OCC(O)CO. The van der Waals surface area contributed by atoms with Crippen LogP contribution in [0.3, 0.4) is 0 Å². The van der Waals surface area contributed by atoms with E-state index in [9.17, 15) is 49.5 Å². The van der Waals surface area contributed by atoms with E-state index in [1.807, 2.05) is 4.90 Å². The number of carboxylic acids is 2. The molecule has 1 aromatic rings. The fourth-order valence-corrected chi connectivity index (χ4v) is 5.55. The van der Waals surface area contributed by atoms with Crippen molar-refractivity contribution in [1.29, 1.82) is 0 Å². The van der Waals surface area contributed by atoms with Gasteiger partial charge in [-0.15, -0.1) is 0 Å². The van der Waals surface area contributed by atoms with Gasteiger partial charge in [0, 0.05) is 58.9 Å². The van der Waals surface area contributed by atoms with Crippen LogP contribution < -0.4 is 16.0 Å². The van der Waals surface area contributed by atoms with Gasteiger partial charge in [-0.2, -0.15) is 0 Å². The van der Waals surface area contributed by atoms with Gasteiger partial charge >= 0.3 is 30.2 Å². The first-order chi connectivity index (χ1) is 27.3. The number of fused-ring (bicyclic) bond motifs is 2. The third kappa shape index (κ3) is 20.0. The van der Waals surface area contributed by atoms with Crippen LogP contribution in [0.2, 0.25) is 0 Å². The summed E-state index contributed by atoms with van der Waals surface area (Å²) in [5.41, 5.74) is 0.984. The van der Waals surface area contributed by atoms with E-state index in [-0.39, 0.29) is 71.7 Å². The number of carbonyl (C=O) groups excluding carboxylic acids is 3. The van der Waals surface area contributed by atoms with Gasteiger partial charge in [-0.05, 0) is 37.9 Å². The minimum atomic E-state index is -1.26. The average Bonchev–Trinajstić information content (AvgIpc) is 3.19. The Hall–Kier alpha value is -4.46. The van der Waals surface area contributed by atoms with Gasteiger partial charge in [0.15, 0.2) is 0 Å². The molecule has 5 atom stereocenters. The molecule has 2 bridgehead atoms. The standard InChI is InChI=1S/C34H57N7O16/c42-17-25(45)20-55-32(52)35-7-2-10-39-11-13-40(28(30(48)49)5-8-36-33(53)56-21-26(46)18-43)15-23-3-1-4-24(38-23)16-41(14-12-39)29(31(50)51)6-9-37-34(54)57-22-27(47)19-44/h1,3-4,25-29,42-47H,2,5-22H2,(H,35,52)(H,36,53)(H,37,54)(H,48,49)(H,50,51). The number of aliphatic hydroxyl groups excluding tert-OH is 6. The number of aliphatic hydroxyl groups is 6. The molecule has 0 spiro atoms. The highest BCUT2D eigenvalue weighted by Crippen LogP contribution is 2.16. The molecule has 0 aliphatic carbocycles. The second kappa shape index (κ2) is 27.2. The van der Waals surface area contributed by atoms with Crippen LogP contribution in [-0.2, 0) is 36.9 Å². The number of alkyl carbamates (subject to hydrolysis) is 3. The Morgan fingerprint density at radius 1 is 0.632 bits per heavy atom. The fourth-order valence-electron chi connectivity index (χ4n) is 5.55. The van der Waals surface area contributed by atoms with E-state index in [4.69, 9.17) is 34.5 Å². The van der Waals surface area contributed by atoms with E-state index in [2.05, 4.69) is 16.0 Å². The molecule has 0 fully saturated rings. The number of aromatic nitrogens is 1. The molecule has 1 aliphatic rings. The Morgan fingerprint density at radius 2 is 1.02 bits per heavy atom. The number of ether oxygens (including phenoxy) is 3. The number of carboxylic acid groups (broad SMARTS) is 2. The summed E-state index contributed by atoms with van der Waals surface area (Å²) in [7, 11) is 0. The van der Waals surface area contributed by atoms with Crippen LogP contribution in [-0.4, -0.2) is 213 Å². The topological polar surface area (TPSA) is 334 Å². The molecule has 2 heterocycles. The van der Waals surface area contributed by atoms with Gasteiger partial charge < -0.3 is 75.9 Å². The highest BCUT2D eigenvalue weighted by atomic mass is 16.6. The maximum atomic E-state index is 12.6. The highest BCUT2D eigenvalue weighted by Gasteiger charge is 2.30. The number of amides is 3. The molecule has 1 aromatic heterocycles. The van der Waals surface area contributed by atoms with Crippen LogP contribution in [0, 0.1) is 0 Å². The third-order valence-corrected chi connectivity index (χ3v) is 8.60. The Bertz CT molecular complexity index is 1300. The molecule has 5 unspecified atom stereocenters. The molecule has 57 heavy (non-hydrogen) atoms. The van der Waals surface area contributed by atoms with E-state index in [0.29, 0.717) is 24.4 Å². The summed E-state index contributed by atoms with van der Waals surface area (Å²) in [6.07, 6.45) is -6.06. The molecule has 23 heteroatoms. The molecule has 2 rings (SSSR count). The summed E-state index contributed by atoms with van der Waals surface area (Å²) in [5, 5.41) is 83.1. The summed E-state index contributed by atoms with van der Waals surface area (Å²) in [6.45, 7) is -1.72. The van der Waals surface area contributed by atoms with Crippen LogP contribution >= 0.6 is 0 Å². The second-order valence-corrected chi connectivity index (χ2v) is 13.1. The van der Waals surface area contributed by atoms with Crippen molar-refractivity contribution in [3.05, 3.63) is 29.6 Å². The molecular formula is C34H57N7O16. The quantitative estimate of drug-likeness (QED) is 0.0374. The van der Waals surface area contributed by atoms with E-state index in [1.165, 1.54) is 0 Å². The normalized spacial score (nSPS) is 17.0. The van der Waals surface area contributed by atoms with E-state index in [1.54, 1.807) is 28.0 Å². The van der Waals surface area contributed by atoms with E-state index >= 15 is 0 Å². The zero-order valence-electron chi connectivity index (χ0n) is 31.7. The summed E-state index contributed by atoms with van der Waals surface area (Å²) in [6, 6.07) is 2.92. The Balaban J connectivity index is 2.28. The first-order valence-corrected chi connectivity index (χ1v) is 18.5. The van der Waals surface area contributed by atoms with Crippen LogP contribution in [0.25, 0.3) is 0 Å². The van der Waals surface area contributed by atoms with Crippen LogP contribution in [0.15, 0.2) is 18.2 Å².